The summed E-state index contributed by atoms with van der Waals surface area (Å²) in [6.45, 7) is 2.03. The highest BCUT2D eigenvalue weighted by molar-refractivity contribution is 7.89. The largest absolute Gasteiger partial charge is 0.329 e. The number of sulfonamides is 1. The zero-order valence-electron chi connectivity index (χ0n) is 11.3. The Morgan fingerprint density at radius 2 is 2.00 bits per heavy atom. The molecular weight excluding hydrogens is 264 g/mol. The Bertz CT molecular complexity index is 516. The molecule has 1 fully saturated rings. The van der Waals surface area contributed by atoms with Crippen molar-refractivity contribution >= 4 is 10.0 Å². The first kappa shape index (κ1) is 14.5. The summed E-state index contributed by atoms with van der Waals surface area (Å²) in [6, 6.07) is 0. The molecule has 7 heteroatoms. The zero-order valence-corrected chi connectivity index (χ0v) is 12.1. The van der Waals surface area contributed by atoms with Crippen LogP contribution in [0.2, 0.25) is 0 Å². The summed E-state index contributed by atoms with van der Waals surface area (Å²) >= 11 is 0. The second-order valence-corrected chi connectivity index (χ2v) is 7.01. The van der Waals surface area contributed by atoms with E-state index in [9.17, 15) is 8.42 Å². The average molecular weight is 286 g/mol. The van der Waals surface area contributed by atoms with Crippen molar-refractivity contribution in [1.82, 2.24) is 14.9 Å². The first-order chi connectivity index (χ1) is 8.99. The van der Waals surface area contributed by atoms with Gasteiger partial charge in [-0.3, -0.25) is 5.10 Å². The van der Waals surface area contributed by atoms with Gasteiger partial charge in [0.15, 0.2) is 0 Å². The van der Waals surface area contributed by atoms with E-state index in [1.807, 2.05) is 0 Å². The molecule has 1 saturated carbocycles. The molecule has 0 aromatic carbocycles. The second kappa shape index (κ2) is 5.60. The number of hydrogen-bond donors (Lipinski definition) is 3. The lowest BCUT2D eigenvalue weighted by molar-refractivity contribution is 0.342. The molecule has 2 rings (SSSR count). The van der Waals surface area contributed by atoms with Gasteiger partial charge in [-0.15, -0.1) is 0 Å². The molecule has 0 bridgehead atoms. The summed E-state index contributed by atoms with van der Waals surface area (Å²) < 4.78 is 27.7. The summed E-state index contributed by atoms with van der Waals surface area (Å²) in [5.74, 6) is 0. The van der Waals surface area contributed by atoms with Crippen LogP contribution in [0, 0.1) is 6.92 Å². The molecule has 108 valence electrons. The number of nitrogens with two attached hydrogens (primary N) is 1. The third-order valence-electron chi connectivity index (χ3n) is 3.88. The maximum absolute atomic E-state index is 12.4. The second-order valence-electron chi connectivity index (χ2n) is 5.36. The fraction of sp³-hybridized carbons (Fsp3) is 0.750. The van der Waals surface area contributed by atoms with E-state index in [-0.39, 0.29) is 4.90 Å². The number of aromatic nitrogens is 2. The molecule has 1 aliphatic rings. The molecule has 1 aliphatic carbocycles. The topological polar surface area (TPSA) is 101 Å². The van der Waals surface area contributed by atoms with E-state index < -0.39 is 15.6 Å². The van der Waals surface area contributed by atoms with Crippen molar-refractivity contribution in [3.05, 3.63) is 11.9 Å². The Balaban J connectivity index is 2.24. The van der Waals surface area contributed by atoms with E-state index in [0.717, 1.165) is 38.5 Å². The van der Waals surface area contributed by atoms with Crippen molar-refractivity contribution in [2.45, 2.75) is 55.9 Å². The first-order valence-corrected chi connectivity index (χ1v) is 8.21. The summed E-state index contributed by atoms with van der Waals surface area (Å²) in [5, 5.41) is 6.43. The first-order valence-electron chi connectivity index (χ1n) is 6.73. The highest BCUT2D eigenvalue weighted by atomic mass is 32.2. The van der Waals surface area contributed by atoms with Crippen molar-refractivity contribution in [2.75, 3.05) is 6.54 Å². The maximum atomic E-state index is 12.4. The molecule has 0 saturated heterocycles. The van der Waals surface area contributed by atoms with Crippen molar-refractivity contribution in [3.63, 3.8) is 0 Å². The molecule has 1 heterocycles. The number of rotatable bonds is 4. The van der Waals surface area contributed by atoms with Gasteiger partial charge in [-0.1, -0.05) is 25.7 Å². The number of H-pyrrole nitrogens is 1. The third-order valence-corrected chi connectivity index (χ3v) is 5.57. The molecule has 0 spiro atoms. The van der Waals surface area contributed by atoms with E-state index in [2.05, 4.69) is 14.9 Å². The van der Waals surface area contributed by atoms with Crippen LogP contribution in [-0.2, 0) is 10.0 Å². The van der Waals surface area contributed by atoms with Gasteiger partial charge in [0, 0.05) is 12.1 Å². The van der Waals surface area contributed by atoms with Gasteiger partial charge < -0.3 is 5.73 Å². The zero-order chi connectivity index (χ0) is 13.9. The van der Waals surface area contributed by atoms with Crippen LogP contribution in [0.4, 0.5) is 0 Å². The lowest BCUT2D eigenvalue weighted by Crippen LogP contribution is -2.53. The molecule has 0 radical (unpaired) electrons. The minimum atomic E-state index is -3.56. The van der Waals surface area contributed by atoms with Crippen LogP contribution in [0.25, 0.3) is 0 Å². The maximum Gasteiger partial charge on any atom is 0.244 e. The van der Waals surface area contributed by atoms with Crippen molar-refractivity contribution < 1.29 is 8.42 Å². The van der Waals surface area contributed by atoms with Gasteiger partial charge in [0.05, 0.1) is 11.9 Å². The molecule has 6 nitrogen and oxygen atoms in total. The third kappa shape index (κ3) is 3.16. The highest BCUT2D eigenvalue weighted by Crippen LogP contribution is 2.28. The van der Waals surface area contributed by atoms with Crippen LogP contribution in [0.1, 0.15) is 44.2 Å². The van der Waals surface area contributed by atoms with Crippen LogP contribution in [0.3, 0.4) is 0 Å². The van der Waals surface area contributed by atoms with Crippen LogP contribution in [0.15, 0.2) is 11.1 Å². The summed E-state index contributed by atoms with van der Waals surface area (Å²) in [6.07, 6.45) is 7.29. The van der Waals surface area contributed by atoms with Gasteiger partial charge in [0.1, 0.15) is 4.90 Å². The predicted octanol–water partition coefficient (Wildman–Crippen LogP) is 1.05. The van der Waals surface area contributed by atoms with E-state index in [1.54, 1.807) is 6.92 Å². The predicted molar refractivity (Wildman–Crippen MR) is 73.1 cm³/mol. The summed E-state index contributed by atoms with van der Waals surface area (Å²) in [4.78, 5) is 0.213. The quantitative estimate of drug-likeness (QED) is 0.720. The summed E-state index contributed by atoms with van der Waals surface area (Å²) in [7, 11) is -3.56. The number of nitrogens with zero attached hydrogens (tertiary/aromatic N) is 1. The molecule has 0 aliphatic heterocycles. The molecule has 0 atom stereocenters. The van der Waals surface area contributed by atoms with Gasteiger partial charge in [-0.05, 0) is 19.8 Å². The smallest absolute Gasteiger partial charge is 0.244 e. The normalized spacial score (nSPS) is 20.1. The van der Waals surface area contributed by atoms with Gasteiger partial charge in [0.2, 0.25) is 10.0 Å². The highest BCUT2D eigenvalue weighted by Gasteiger charge is 2.35. The lowest BCUT2D eigenvalue weighted by atomic mass is 9.92. The van der Waals surface area contributed by atoms with Crippen molar-refractivity contribution in [2.24, 2.45) is 5.73 Å². The van der Waals surface area contributed by atoms with Crippen molar-refractivity contribution in [1.29, 1.82) is 0 Å². The lowest BCUT2D eigenvalue weighted by Gasteiger charge is -2.32. The van der Waals surface area contributed by atoms with E-state index in [0.29, 0.717) is 12.2 Å². The Morgan fingerprint density at radius 3 is 2.47 bits per heavy atom. The molecule has 0 unspecified atom stereocenters. The van der Waals surface area contributed by atoms with Gasteiger partial charge in [-0.25, -0.2) is 13.1 Å². The molecule has 0 amide bonds. The van der Waals surface area contributed by atoms with Crippen LogP contribution in [-0.4, -0.2) is 30.7 Å². The molecule has 1 aromatic rings. The fourth-order valence-electron chi connectivity index (χ4n) is 2.70. The van der Waals surface area contributed by atoms with Crippen LogP contribution in [0.5, 0.6) is 0 Å². The monoisotopic (exact) mass is 286 g/mol. The molecular formula is C12H22N4O2S. The Morgan fingerprint density at radius 1 is 1.37 bits per heavy atom. The Kier molecular flexibility index (Phi) is 4.27. The number of aromatic amines is 1. The average Bonchev–Trinajstić information content (AvgIpc) is 2.67. The SMILES string of the molecule is Cc1[nH]ncc1S(=O)(=O)NC1(CN)CCCCCC1. The van der Waals surface area contributed by atoms with E-state index in [1.165, 1.54) is 6.20 Å². The number of hydrogen-bond acceptors (Lipinski definition) is 4. The molecule has 19 heavy (non-hydrogen) atoms. The summed E-state index contributed by atoms with van der Waals surface area (Å²) in [5.41, 5.74) is 5.90. The standard InChI is InChI=1S/C12H22N4O2S/c1-10-11(8-14-15-10)19(17,18)16-12(9-13)6-4-2-3-5-7-12/h8,16H,2-7,9,13H2,1H3,(H,14,15). The fourth-order valence-corrected chi connectivity index (χ4v) is 4.31. The van der Waals surface area contributed by atoms with Crippen molar-refractivity contribution in [3.8, 4) is 0 Å². The minimum absolute atomic E-state index is 0.213. The molecule has 1 aromatic heterocycles. The molecule has 4 N–H and O–H groups in total. The Hall–Kier alpha value is -0.920. The number of aryl methyl sites for hydroxylation is 1. The Labute approximate surface area is 114 Å². The van der Waals surface area contributed by atoms with Crippen LogP contribution >= 0.6 is 0 Å². The van der Waals surface area contributed by atoms with Crippen LogP contribution < -0.4 is 10.5 Å². The van der Waals surface area contributed by atoms with Gasteiger partial charge in [-0.2, -0.15) is 5.10 Å². The minimum Gasteiger partial charge on any atom is -0.329 e. The number of nitrogens with one attached hydrogen (secondary N) is 2. The van der Waals surface area contributed by atoms with Gasteiger partial charge >= 0.3 is 0 Å². The van der Waals surface area contributed by atoms with E-state index >= 15 is 0 Å². The van der Waals surface area contributed by atoms with Gasteiger partial charge in [0.25, 0.3) is 0 Å². The van der Waals surface area contributed by atoms with E-state index in [4.69, 9.17) is 5.73 Å².